The van der Waals surface area contributed by atoms with Crippen molar-refractivity contribution in [2.45, 2.75) is 64.8 Å². The molecular formula is C12H25B2O6P. The molecular weight excluding hydrogens is 293 g/mol. The van der Waals surface area contributed by atoms with Gasteiger partial charge in [0.2, 0.25) is 0 Å². The largest absolute Gasteiger partial charge is 0.472 e. The van der Waals surface area contributed by atoms with Crippen LogP contribution in [0.4, 0.5) is 0 Å². The highest BCUT2D eigenvalue weighted by Crippen LogP contribution is 2.45. The molecule has 0 aliphatic rings. The highest BCUT2D eigenvalue weighted by atomic mass is 31.2. The zero-order valence-electron chi connectivity index (χ0n) is 13.2. The minimum atomic E-state index is -4.23. The van der Waals surface area contributed by atoms with Gasteiger partial charge in [0.05, 0.1) is 53.3 Å². The Kier molecular flexibility index (Phi) is 10.9. The molecule has 4 radical (unpaired) electrons. The van der Waals surface area contributed by atoms with Gasteiger partial charge >= 0.3 is 7.82 Å². The summed E-state index contributed by atoms with van der Waals surface area (Å²) in [4.78, 5) is 9.66. The van der Waals surface area contributed by atoms with Crippen LogP contribution in [0.5, 0.6) is 0 Å². The van der Waals surface area contributed by atoms with E-state index < -0.39 is 20.0 Å². The normalized spacial score (nSPS) is 17.9. The fourth-order valence-electron chi connectivity index (χ4n) is 1.39. The second kappa shape index (κ2) is 10.8. The summed E-state index contributed by atoms with van der Waals surface area (Å²) >= 11 is 0. The van der Waals surface area contributed by atoms with E-state index in [0.717, 1.165) is 0 Å². The summed E-state index contributed by atoms with van der Waals surface area (Å²) in [5.74, 6) is 0. The second-order valence-electron chi connectivity index (χ2n) is 5.15. The van der Waals surface area contributed by atoms with Crippen LogP contribution in [0, 0.1) is 0 Å². The first kappa shape index (κ1) is 21.2. The second-order valence-corrected chi connectivity index (χ2v) is 6.56. The van der Waals surface area contributed by atoms with E-state index in [1.165, 1.54) is 0 Å². The molecule has 9 heteroatoms. The lowest BCUT2D eigenvalue weighted by Crippen LogP contribution is -2.24. The maximum Gasteiger partial charge on any atom is 0.472 e. The monoisotopic (exact) mass is 318 g/mol. The zero-order chi connectivity index (χ0) is 16.5. The lowest BCUT2D eigenvalue weighted by molar-refractivity contribution is -0.0240. The predicted molar refractivity (Wildman–Crippen MR) is 82.9 cm³/mol. The van der Waals surface area contributed by atoms with Crippen LogP contribution < -0.4 is 0 Å². The molecule has 6 nitrogen and oxygen atoms in total. The van der Waals surface area contributed by atoms with E-state index >= 15 is 0 Å². The summed E-state index contributed by atoms with van der Waals surface area (Å²) in [7, 11) is 6.75. The molecule has 3 atom stereocenters. The molecule has 0 aliphatic carbocycles. The Bertz CT molecular complexity index is 316. The van der Waals surface area contributed by atoms with Gasteiger partial charge in [0.1, 0.15) is 0 Å². The predicted octanol–water partition coefficient (Wildman–Crippen LogP) is 1.88. The van der Waals surface area contributed by atoms with E-state index in [-0.39, 0.29) is 38.1 Å². The van der Waals surface area contributed by atoms with Crippen LogP contribution in [0.15, 0.2) is 0 Å². The van der Waals surface area contributed by atoms with Gasteiger partial charge in [-0.1, -0.05) is 12.6 Å². The van der Waals surface area contributed by atoms with Crippen molar-refractivity contribution in [2.24, 2.45) is 0 Å². The molecule has 0 aromatic rings. The number of rotatable bonds is 12. The molecule has 0 heterocycles. The maximum absolute atomic E-state index is 11.8. The van der Waals surface area contributed by atoms with Gasteiger partial charge in [-0.2, -0.15) is 0 Å². The van der Waals surface area contributed by atoms with Crippen molar-refractivity contribution in [3.63, 3.8) is 0 Å². The molecule has 0 rings (SSSR count). The molecule has 0 saturated heterocycles. The van der Waals surface area contributed by atoms with Crippen LogP contribution in [0.2, 0.25) is 12.6 Å². The highest BCUT2D eigenvalue weighted by molar-refractivity contribution is 7.47. The molecule has 1 N–H and O–H groups in total. The van der Waals surface area contributed by atoms with Crippen molar-refractivity contribution in [1.82, 2.24) is 0 Å². The first-order chi connectivity index (χ1) is 9.70. The maximum atomic E-state index is 11.8. The Balaban J connectivity index is 4.29. The van der Waals surface area contributed by atoms with Gasteiger partial charge in [0, 0.05) is 0 Å². The van der Waals surface area contributed by atoms with Crippen molar-refractivity contribution in [2.75, 3.05) is 13.2 Å². The summed E-state index contributed by atoms with van der Waals surface area (Å²) in [5, 5.41) is 0. The molecule has 120 valence electrons. The summed E-state index contributed by atoms with van der Waals surface area (Å²) in [5.41, 5.74) is 0. The summed E-state index contributed by atoms with van der Waals surface area (Å²) in [6.45, 7) is 7.35. The van der Waals surface area contributed by atoms with E-state index in [9.17, 15) is 9.46 Å². The number of hydrogen-bond acceptors (Lipinski definition) is 5. The minimum absolute atomic E-state index is 0.0253. The van der Waals surface area contributed by atoms with Crippen LogP contribution in [0.3, 0.4) is 0 Å². The molecule has 21 heavy (non-hydrogen) atoms. The van der Waals surface area contributed by atoms with Gasteiger partial charge in [-0.3, -0.25) is 9.05 Å². The smallest absolute Gasteiger partial charge is 0.376 e. The number of hydrogen-bond donors (Lipinski definition) is 1. The average molecular weight is 318 g/mol. The molecule has 0 saturated carbocycles. The first-order valence-corrected chi connectivity index (χ1v) is 8.52. The Morgan fingerprint density at radius 1 is 1.00 bits per heavy atom. The zero-order valence-corrected chi connectivity index (χ0v) is 14.1. The van der Waals surface area contributed by atoms with E-state index in [1.807, 2.05) is 27.7 Å². The first-order valence-electron chi connectivity index (χ1n) is 7.03. The van der Waals surface area contributed by atoms with Crippen LogP contribution >= 0.6 is 7.82 Å². The van der Waals surface area contributed by atoms with Crippen LogP contribution in [0.25, 0.3) is 0 Å². The molecule has 0 fully saturated rings. The van der Waals surface area contributed by atoms with Gasteiger partial charge in [-0.15, -0.1) is 0 Å². The van der Waals surface area contributed by atoms with Gasteiger partial charge in [0.15, 0.2) is 0 Å². The summed E-state index contributed by atoms with van der Waals surface area (Å²) < 4.78 is 32.4. The molecule has 0 bridgehead atoms. The third-order valence-corrected chi connectivity index (χ3v) is 3.35. The molecule has 0 amide bonds. The van der Waals surface area contributed by atoms with E-state index in [0.29, 0.717) is 0 Å². The van der Waals surface area contributed by atoms with Gasteiger partial charge in [-0.25, -0.2) is 4.57 Å². The van der Waals surface area contributed by atoms with Crippen LogP contribution in [-0.2, 0) is 23.1 Å². The van der Waals surface area contributed by atoms with E-state index in [4.69, 9.17) is 34.2 Å². The number of ether oxygens (including phenoxy) is 2. The van der Waals surface area contributed by atoms with E-state index in [2.05, 4.69) is 0 Å². The third kappa shape index (κ3) is 11.4. The molecule has 0 aromatic carbocycles. The number of phosphoric acid groups is 1. The lowest BCUT2D eigenvalue weighted by atomic mass is 10.00. The Morgan fingerprint density at radius 3 is 2.00 bits per heavy atom. The lowest BCUT2D eigenvalue weighted by Gasteiger charge is -2.23. The number of phosphoric ester groups is 1. The van der Waals surface area contributed by atoms with Gasteiger partial charge < -0.3 is 14.4 Å². The third-order valence-electron chi connectivity index (χ3n) is 2.31. The average Bonchev–Trinajstić information content (AvgIpc) is 2.38. The Morgan fingerprint density at radius 2 is 1.57 bits per heavy atom. The Labute approximate surface area is 130 Å². The molecule has 0 aliphatic heterocycles. The fraction of sp³-hybridized carbons (Fsp3) is 1.00. The highest BCUT2D eigenvalue weighted by Gasteiger charge is 2.27. The topological polar surface area (TPSA) is 74.2 Å². The van der Waals surface area contributed by atoms with Gasteiger partial charge in [-0.05, 0) is 27.7 Å². The van der Waals surface area contributed by atoms with Crippen molar-refractivity contribution < 1.29 is 28.0 Å². The van der Waals surface area contributed by atoms with Crippen molar-refractivity contribution in [1.29, 1.82) is 0 Å². The fourth-order valence-corrected chi connectivity index (χ4v) is 2.32. The van der Waals surface area contributed by atoms with Crippen molar-refractivity contribution >= 4 is 23.5 Å². The van der Waals surface area contributed by atoms with Crippen molar-refractivity contribution in [3.8, 4) is 0 Å². The standard InChI is InChI=1S/C12H25B2O6P/c1-9(2)17-7-12(6-14)20-21(15,16)18-8-11(5-13)19-10(3)4/h9-12H,5-8H2,1-4H3,(H,15,16)/t11-,12-/m1/s1. The van der Waals surface area contributed by atoms with Gasteiger partial charge in [0.25, 0.3) is 0 Å². The van der Waals surface area contributed by atoms with Crippen LogP contribution in [0.1, 0.15) is 27.7 Å². The Hall–Kier alpha value is 0.160. The molecule has 0 spiro atoms. The summed E-state index contributed by atoms with van der Waals surface area (Å²) in [6.07, 6.45) is -1.05. The van der Waals surface area contributed by atoms with Crippen LogP contribution in [-0.4, -0.2) is 58.2 Å². The van der Waals surface area contributed by atoms with E-state index in [1.54, 1.807) is 0 Å². The van der Waals surface area contributed by atoms with Crippen molar-refractivity contribution in [3.05, 3.63) is 0 Å². The molecule has 0 aromatic heterocycles. The SMILES string of the molecule is [B]C[C@H](COP(=O)(O)O[C@H](C[B])COC(C)C)OC(C)C. The quantitative estimate of drug-likeness (QED) is 0.437. The minimum Gasteiger partial charge on any atom is -0.376 e. The molecule has 1 unspecified atom stereocenters. The summed E-state index contributed by atoms with van der Waals surface area (Å²) in [6, 6.07) is 0.